The lowest BCUT2D eigenvalue weighted by Gasteiger charge is -2.28. The highest BCUT2D eigenvalue weighted by Gasteiger charge is 2.39. The Morgan fingerprint density at radius 3 is 1.14 bits per heavy atom. The van der Waals surface area contributed by atoms with Crippen LogP contribution in [0.15, 0.2) is 215 Å². The normalized spacial score (nSPS) is 17.1. The second kappa shape index (κ2) is 33.7. The van der Waals surface area contributed by atoms with Gasteiger partial charge in [-0.3, -0.25) is 33.9 Å². The van der Waals surface area contributed by atoms with Crippen molar-refractivity contribution in [2.24, 2.45) is 0 Å². The molecule has 0 saturated carbocycles. The molecule has 0 spiro atoms. The Morgan fingerprint density at radius 1 is 0.391 bits per heavy atom. The lowest BCUT2D eigenvalue weighted by molar-refractivity contribution is 0.0851. The van der Waals surface area contributed by atoms with Crippen molar-refractivity contribution in [3.63, 3.8) is 0 Å². The van der Waals surface area contributed by atoms with Gasteiger partial charge in [0, 0.05) is 116 Å². The van der Waals surface area contributed by atoms with Crippen molar-refractivity contribution >= 4 is 86.4 Å². The number of fused-ring (bicyclic) bond motifs is 6. The highest BCUT2D eigenvalue weighted by atomic mass is 32.2. The number of nitrogens with one attached hydrogen (secondary N) is 1. The number of aldehydes is 1. The fourth-order valence-electron chi connectivity index (χ4n) is 16.3. The number of benzene rings is 9. The Bertz CT molecular complexity index is 5820. The number of ether oxygens (including phenoxy) is 3. The van der Waals surface area contributed by atoms with Crippen molar-refractivity contribution in [1.29, 1.82) is 0 Å². The van der Waals surface area contributed by atoms with E-state index in [-0.39, 0.29) is 45.1 Å². The molecule has 0 bridgehead atoms. The molecule has 18 rings (SSSR count). The summed E-state index contributed by atoms with van der Waals surface area (Å²) in [6.07, 6.45) is 12.1. The van der Waals surface area contributed by atoms with Gasteiger partial charge in [-0.05, 0) is 194 Å². The van der Waals surface area contributed by atoms with Gasteiger partial charge in [-0.15, -0.1) is 0 Å². The first-order chi connectivity index (χ1) is 55.4. The van der Waals surface area contributed by atoms with Gasteiger partial charge in [-0.1, -0.05) is 139 Å². The first kappa shape index (κ1) is 79.6. The van der Waals surface area contributed by atoms with E-state index < -0.39 is 42.3 Å². The lowest BCUT2D eigenvalue weighted by atomic mass is 9.98. The van der Waals surface area contributed by atoms with Crippen LogP contribution in [0.4, 0.5) is 0 Å². The summed E-state index contributed by atoms with van der Waals surface area (Å²) in [5.41, 5.74) is 15.4. The number of aromatic nitrogens is 3. The van der Waals surface area contributed by atoms with Crippen LogP contribution in [0.2, 0.25) is 0 Å². The van der Waals surface area contributed by atoms with E-state index in [1.54, 1.807) is 122 Å². The van der Waals surface area contributed by atoms with E-state index in [1.807, 2.05) is 93.6 Å². The van der Waals surface area contributed by atoms with Crippen LogP contribution in [0.25, 0.3) is 32.7 Å². The minimum Gasteiger partial charge on any atom is -0.484 e. The zero-order valence-corrected chi connectivity index (χ0v) is 68.1. The van der Waals surface area contributed by atoms with Crippen molar-refractivity contribution in [3.8, 4) is 17.2 Å². The molecule has 0 amide bonds. The quantitative estimate of drug-likeness (QED) is 0.0834. The van der Waals surface area contributed by atoms with Crippen molar-refractivity contribution < 1.29 is 58.6 Å². The number of Topliss-reactive ketones (excluding diaryl/α,β-unsaturated/α-hetero) is 3. The number of ketones is 3. The van der Waals surface area contributed by atoms with Gasteiger partial charge in [-0.25, -0.2) is 37.2 Å². The summed E-state index contributed by atoms with van der Waals surface area (Å²) in [5.74, 6) is 2.23. The molecular formula is C92H95N7O13S3. The number of likely N-dealkylation sites (tertiary alicyclic amines) is 2. The van der Waals surface area contributed by atoms with Crippen LogP contribution in [-0.4, -0.2) is 147 Å². The van der Waals surface area contributed by atoms with Gasteiger partial charge >= 0.3 is 0 Å². The molecule has 9 heterocycles. The molecule has 3 saturated heterocycles. The third-order valence-electron chi connectivity index (χ3n) is 22.9. The van der Waals surface area contributed by atoms with E-state index in [9.17, 15) is 44.4 Å². The van der Waals surface area contributed by atoms with Crippen LogP contribution in [-0.2, 0) is 62.5 Å². The van der Waals surface area contributed by atoms with Gasteiger partial charge in [0.1, 0.15) is 17.2 Å². The van der Waals surface area contributed by atoms with Crippen LogP contribution in [0.3, 0.4) is 0 Å². The Morgan fingerprint density at radius 2 is 0.739 bits per heavy atom. The van der Waals surface area contributed by atoms with E-state index in [0.29, 0.717) is 62.8 Å². The summed E-state index contributed by atoms with van der Waals surface area (Å²) in [7, 11) is -11.3. The molecule has 9 aromatic carbocycles. The standard InChI is InChI=1S/C31H32N2O4S.C30H31N3O4S.C16H13NO3S.C15H19NO2/c1-21-10-13-24(14-11-21)38(35,36)33-19-23(25-8-4-5-9-28(25)33)18-29-30(34)26-15-12-22(2)27(31(26)37-29)20-32-16-6-3-7-17-32;1-20-7-10-23(11-8-20)38(35,36)33-18-22(24-5-3-4-6-27(24)33)17-28-29(34)25-12-9-21(2)26(30(25)37-28)19-32-15-13-31-14-16-32;1-12-6-8-14(9-7-12)21(19,20)17-10-13(11-18)15-4-2-3-5-16(15)17;1-11-5-6-12-14(17)10-18-15(12)13(11)9-16-7-3-2-4-8-16/h4-5,8-15,19,29H,3,6-7,16-18,20H2,1-2H3;3-12,18,28,31H,13-17,19H2,1-2H3;2-11H,1H3;5-6H,2-4,7-10H2,1H3. The van der Waals surface area contributed by atoms with Crippen molar-refractivity contribution in [2.45, 2.75) is 139 Å². The molecule has 20 nitrogen and oxygen atoms in total. The summed E-state index contributed by atoms with van der Waals surface area (Å²) in [6.45, 7) is 22.9. The number of hydrogen-bond acceptors (Lipinski definition) is 17. The number of carbonyl (C=O) groups is 4. The third-order valence-corrected chi connectivity index (χ3v) is 28.0. The van der Waals surface area contributed by atoms with E-state index >= 15 is 0 Å². The molecule has 23 heteroatoms. The predicted octanol–water partition coefficient (Wildman–Crippen LogP) is 15.3. The van der Waals surface area contributed by atoms with E-state index in [4.69, 9.17) is 14.2 Å². The van der Waals surface area contributed by atoms with Crippen molar-refractivity contribution in [1.82, 2.24) is 31.9 Å². The van der Waals surface area contributed by atoms with Crippen LogP contribution in [0.5, 0.6) is 17.2 Å². The van der Waals surface area contributed by atoms with E-state index in [0.717, 1.165) is 148 Å². The van der Waals surface area contributed by atoms with Gasteiger partial charge in [0.2, 0.25) is 17.3 Å². The van der Waals surface area contributed by atoms with E-state index in [1.165, 1.54) is 63.8 Å². The number of piperidine rings is 2. The smallest absolute Gasteiger partial charge is 0.268 e. The SMILES string of the molecule is Cc1ccc(S(=O)(=O)n2cc(C=O)c3ccccc32)cc1.Cc1ccc(S(=O)(=O)n2cc(CC3Oc4c(ccc(C)c4CN4CCCCC4)C3=O)c3ccccc32)cc1.Cc1ccc(S(=O)(=O)n2cc(CC3Oc4c(ccc(C)c4CN4CCNCC4)C3=O)c3ccccc32)cc1.Cc1ccc2c(c1CN1CCCCC1)OCC2=O. The van der Waals surface area contributed by atoms with Crippen LogP contribution >= 0.6 is 0 Å². The maximum Gasteiger partial charge on any atom is 0.268 e. The molecule has 0 aliphatic carbocycles. The number of carbonyl (C=O) groups excluding carboxylic acids is 4. The molecule has 3 aromatic heterocycles. The Hall–Kier alpha value is -10.6. The second-order valence-electron chi connectivity index (χ2n) is 30.9. The zero-order valence-electron chi connectivity index (χ0n) is 65.6. The predicted molar refractivity (Wildman–Crippen MR) is 447 cm³/mol. The molecule has 6 aliphatic rings. The van der Waals surface area contributed by atoms with Gasteiger partial charge in [0.05, 0.1) is 47.9 Å². The third kappa shape index (κ3) is 16.4. The molecular weight excluding hydrogens is 1510 g/mol. The number of para-hydroxylation sites is 3. The van der Waals surface area contributed by atoms with Crippen molar-refractivity contribution in [2.75, 3.05) is 59.0 Å². The van der Waals surface area contributed by atoms with Crippen LogP contribution in [0.1, 0.15) is 141 Å². The van der Waals surface area contributed by atoms with Crippen LogP contribution in [0, 0.1) is 41.5 Å². The molecule has 2 unspecified atom stereocenters. The van der Waals surface area contributed by atoms with Gasteiger partial charge < -0.3 is 19.5 Å². The number of hydrogen-bond donors (Lipinski definition) is 1. The molecule has 3 fully saturated rings. The number of piperazine rings is 1. The number of rotatable bonds is 17. The van der Waals surface area contributed by atoms with E-state index in [2.05, 4.69) is 40.8 Å². The molecule has 1 N–H and O–H groups in total. The highest BCUT2D eigenvalue weighted by molar-refractivity contribution is 7.90. The fraction of sp³-hybridized carbons (Fsp3) is 0.304. The van der Waals surface area contributed by atoms with Gasteiger partial charge in [-0.2, -0.15) is 0 Å². The number of aryl methyl sites for hydroxylation is 6. The van der Waals surface area contributed by atoms with Crippen LogP contribution < -0.4 is 19.5 Å². The summed E-state index contributed by atoms with van der Waals surface area (Å²) >= 11 is 0. The average Bonchev–Trinajstić information content (AvgIpc) is 1.85. The molecule has 2 atom stereocenters. The largest absolute Gasteiger partial charge is 0.484 e. The molecule has 0 radical (unpaired) electrons. The summed E-state index contributed by atoms with van der Waals surface area (Å²) < 4.78 is 102. The summed E-state index contributed by atoms with van der Waals surface area (Å²) in [4.78, 5) is 57.7. The first-order valence-corrected chi connectivity index (χ1v) is 43.8. The molecule has 12 aromatic rings. The van der Waals surface area contributed by atoms with Gasteiger partial charge in [0.15, 0.2) is 25.1 Å². The first-order valence-electron chi connectivity index (χ1n) is 39.5. The Kier molecular flexibility index (Phi) is 23.3. The van der Waals surface area contributed by atoms with Gasteiger partial charge in [0.25, 0.3) is 30.1 Å². The maximum absolute atomic E-state index is 13.6. The Labute approximate surface area is 672 Å². The minimum atomic E-state index is -3.81. The monoisotopic (exact) mass is 1600 g/mol. The molecule has 594 valence electrons. The average molecular weight is 1600 g/mol. The maximum atomic E-state index is 13.6. The lowest BCUT2D eigenvalue weighted by Crippen LogP contribution is -2.43. The number of nitrogens with zero attached hydrogens (tertiary/aromatic N) is 6. The minimum absolute atomic E-state index is 0.0434. The topological polar surface area (TPSA) is 235 Å². The fourth-order valence-corrected chi connectivity index (χ4v) is 20.5. The van der Waals surface area contributed by atoms with Crippen molar-refractivity contribution in [3.05, 3.63) is 284 Å². The highest BCUT2D eigenvalue weighted by Crippen LogP contribution is 2.41. The molecule has 115 heavy (non-hydrogen) atoms. The molecule has 6 aliphatic heterocycles. The second-order valence-corrected chi connectivity index (χ2v) is 36.3. The summed E-state index contributed by atoms with van der Waals surface area (Å²) in [5, 5.41) is 5.61. The zero-order chi connectivity index (χ0) is 80.5. The Balaban J connectivity index is 0.000000126. The summed E-state index contributed by atoms with van der Waals surface area (Å²) in [6, 6.07) is 53.8.